The minimum absolute atomic E-state index is 0.200. The molecule has 0 aliphatic heterocycles. The van der Waals surface area contributed by atoms with E-state index in [9.17, 15) is 0 Å². The standard InChI is InChI=1S/2C28H22/c1-18(2)19-15-16-27-23(17-19)22-11-5-8-14-26(22)28(27)24-12-6-3-9-20(24)21-10-4-7-13-25(21)28;1-18(2)19-15-16-23-22-11-5-8-14-26(22)28(27(23)17-19)24-12-6-3-9-20(24)21-10-4-7-13-25(21)28/h2*3-18H,1-2H3. The molecule has 8 aromatic rings. The SMILES string of the molecule is CC(C)c1ccc2c(c1)-c1ccccc1C21c2ccccc2-c2ccccc21.CC(C)c1ccc2c(c1)C1(c3ccccc3-c3ccccc31)c1ccccc1-2. The molecule has 4 aliphatic carbocycles. The van der Waals surface area contributed by atoms with Crippen molar-refractivity contribution in [3.63, 3.8) is 0 Å². The zero-order chi connectivity index (χ0) is 37.8. The summed E-state index contributed by atoms with van der Waals surface area (Å²) >= 11 is 0. The van der Waals surface area contributed by atoms with E-state index >= 15 is 0 Å². The Balaban J connectivity index is 0.000000130. The van der Waals surface area contributed by atoms with Crippen LogP contribution >= 0.6 is 0 Å². The lowest BCUT2D eigenvalue weighted by Gasteiger charge is -2.30. The zero-order valence-corrected chi connectivity index (χ0v) is 32.5. The van der Waals surface area contributed by atoms with E-state index in [1.807, 2.05) is 0 Å². The Bertz CT molecular complexity index is 2770. The molecule has 0 unspecified atom stereocenters. The molecular formula is C56H44. The summed E-state index contributed by atoms with van der Waals surface area (Å²) in [7, 11) is 0. The summed E-state index contributed by atoms with van der Waals surface area (Å²) in [6, 6.07) is 68.2. The van der Waals surface area contributed by atoms with E-state index < -0.39 is 0 Å². The van der Waals surface area contributed by atoms with E-state index in [1.54, 1.807) is 0 Å². The summed E-state index contributed by atoms with van der Waals surface area (Å²) in [6.45, 7) is 9.12. The molecule has 2 spiro atoms. The van der Waals surface area contributed by atoms with Crippen molar-refractivity contribution in [1.82, 2.24) is 0 Å². The van der Waals surface area contributed by atoms with E-state index in [0.29, 0.717) is 11.8 Å². The van der Waals surface area contributed by atoms with E-state index in [1.165, 1.54) is 100 Å². The molecule has 0 nitrogen and oxygen atoms in total. The molecule has 0 heteroatoms. The predicted molar refractivity (Wildman–Crippen MR) is 234 cm³/mol. The molecule has 56 heavy (non-hydrogen) atoms. The summed E-state index contributed by atoms with van der Waals surface area (Å²) in [5, 5.41) is 0. The zero-order valence-electron chi connectivity index (χ0n) is 32.5. The van der Waals surface area contributed by atoms with Crippen molar-refractivity contribution >= 4 is 0 Å². The Hall–Kier alpha value is -6.24. The second-order valence-corrected chi connectivity index (χ2v) is 16.7. The summed E-state index contributed by atoms with van der Waals surface area (Å²) in [5.74, 6) is 1.04. The molecule has 0 amide bonds. The predicted octanol–water partition coefficient (Wildman–Crippen LogP) is 14.3. The molecule has 4 aliphatic rings. The second kappa shape index (κ2) is 12.1. The molecule has 0 bridgehead atoms. The van der Waals surface area contributed by atoms with Crippen LogP contribution in [0, 0.1) is 0 Å². The fourth-order valence-electron chi connectivity index (χ4n) is 10.9. The van der Waals surface area contributed by atoms with Gasteiger partial charge in [-0.2, -0.15) is 0 Å². The van der Waals surface area contributed by atoms with Crippen molar-refractivity contribution < 1.29 is 0 Å². The van der Waals surface area contributed by atoms with Gasteiger partial charge in [0.15, 0.2) is 0 Å². The average Bonchev–Trinajstić information content (AvgIpc) is 3.92. The molecule has 0 atom stereocenters. The summed E-state index contributed by atoms with van der Waals surface area (Å²) in [4.78, 5) is 0. The molecule has 0 saturated heterocycles. The number of rotatable bonds is 2. The monoisotopic (exact) mass is 716 g/mol. The van der Waals surface area contributed by atoms with Crippen LogP contribution in [0.15, 0.2) is 182 Å². The van der Waals surface area contributed by atoms with Crippen LogP contribution in [-0.4, -0.2) is 0 Å². The average molecular weight is 717 g/mol. The molecule has 0 fully saturated rings. The Kier molecular flexibility index (Phi) is 7.18. The van der Waals surface area contributed by atoms with Gasteiger partial charge in [-0.15, -0.1) is 0 Å². The van der Waals surface area contributed by atoms with Gasteiger partial charge in [0, 0.05) is 0 Å². The van der Waals surface area contributed by atoms with Crippen molar-refractivity contribution in [1.29, 1.82) is 0 Å². The van der Waals surface area contributed by atoms with E-state index in [-0.39, 0.29) is 10.8 Å². The quantitative estimate of drug-likeness (QED) is 0.167. The summed E-state index contributed by atoms with van der Waals surface area (Å²) < 4.78 is 0. The Labute approximate surface area is 331 Å². The first-order chi connectivity index (χ1) is 27.5. The molecule has 268 valence electrons. The van der Waals surface area contributed by atoms with Crippen LogP contribution in [0.1, 0.15) is 95.2 Å². The van der Waals surface area contributed by atoms with Gasteiger partial charge in [0.05, 0.1) is 10.8 Å². The van der Waals surface area contributed by atoms with Crippen LogP contribution in [0.2, 0.25) is 0 Å². The highest BCUT2D eigenvalue weighted by atomic mass is 14.5. The van der Waals surface area contributed by atoms with E-state index in [4.69, 9.17) is 0 Å². The third-order valence-electron chi connectivity index (χ3n) is 13.4. The van der Waals surface area contributed by atoms with Gasteiger partial charge in [0.1, 0.15) is 0 Å². The summed E-state index contributed by atoms with van der Waals surface area (Å²) in [6.07, 6.45) is 0. The fraction of sp³-hybridized carbons (Fsp3) is 0.143. The molecular weight excluding hydrogens is 673 g/mol. The van der Waals surface area contributed by atoms with Gasteiger partial charge < -0.3 is 0 Å². The molecule has 0 N–H and O–H groups in total. The maximum absolute atomic E-state index is 2.47. The third kappa shape index (κ3) is 4.20. The number of hydrogen-bond acceptors (Lipinski definition) is 0. The number of fused-ring (bicyclic) bond motifs is 20. The van der Waals surface area contributed by atoms with Crippen molar-refractivity contribution in [3.05, 3.63) is 238 Å². The smallest absolute Gasteiger partial charge is 0.0619 e. The van der Waals surface area contributed by atoms with Gasteiger partial charge in [0.25, 0.3) is 0 Å². The van der Waals surface area contributed by atoms with E-state index in [0.717, 1.165) is 0 Å². The first-order valence-corrected chi connectivity index (χ1v) is 20.3. The van der Waals surface area contributed by atoms with Gasteiger partial charge in [-0.1, -0.05) is 210 Å². The van der Waals surface area contributed by atoms with Crippen LogP contribution in [0.3, 0.4) is 0 Å². The van der Waals surface area contributed by atoms with E-state index in [2.05, 4.69) is 210 Å². The summed E-state index contributed by atoms with van der Waals surface area (Å²) in [5.41, 5.74) is 24.8. The van der Waals surface area contributed by atoms with Gasteiger partial charge in [-0.3, -0.25) is 0 Å². The first kappa shape index (κ1) is 33.1. The Morgan fingerprint density at radius 2 is 0.518 bits per heavy atom. The lowest BCUT2D eigenvalue weighted by Crippen LogP contribution is -2.26. The highest BCUT2D eigenvalue weighted by molar-refractivity contribution is 5.96. The maximum Gasteiger partial charge on any atom is 0.0725 e. The van der Waals surface area contributed by atoms with Crippen LogP contribution in [0.25, 0.3) is 44.5 Å². The minimum atomic E-state index is -0.204. The van der Waals surface area contributed by atoms with Gasteiger partial charge in [-0.25, -0.2) is 0 Å². The van der Waals surface area contributed by atoms with Crippen LogP contribution < -0.4 is 0 Å². The third-order valence-corrected chi connectivity index (χ3v) is 13.4. The molecule has 12 rings (SSSR count). The number of benzene rings is 8. The fourth-order valence-corrected chi connectivity index (χ4v) is 10.9. The highest BCUT2D eigenvalue weighted by Crippen LogP contribution is 2.64. The van der Waals surface area contributed by atoms with Crippen molar-refractivity contribution in [3.8, 4) is 44.5 Å². The molecule has 0 saturated carbocycles. The van der Waals surface area contributed by atoms with Gasteiger partial charge in [-0.05, 0) is 112 Å². The Morgan fingerprint density at radius 1 is 0.250 bits per heavy atom. The molecule has 0 aromatic heterocycles. The minimum Gasteiger partial charge on any atom is -0.0619 e. The molecule has 8 aromatic carbocycles. The molecule has 0 heterocycles. The van der Waals surface area contributed by atoms with Crippen LogP contribution in [0.5, 0.6) is 0 Å². The lowest BCUT2D eigenvalue weighted by molar-refractivity contribution is 0.784. The largest absolute Gasteiger partial charge is 0.0725 e. The normalized spacial score (nSPS) is 14.7. The van der Waals surface area contributed by atoms with Crippen molar-refractivity contribution in [2.75, 3.05) is 0 Å². The van der Waals surface area contributed by atoms with Crippen molar-refractivity contribution in [2.45, 2.75) is 50.4 Å². The first-order valence-electron chi connectivity index (χ1n) is 20.3. The maximum atomic E-state index is 2.47. The Morgan fingerprint density at radius 3 is 0.893 bits per heavy atom. The molecule has 0 radical (unpaired) electrons. The topological polar surface area (TPSA) is 0 Å². The van der Waals surface area contributed by atoms with Crippen molar-refractivity contribution in [2.24, 2.45) is 0 Å². The van der Waals surface area contributed by atoms with Gasteiger partial charge in [0.2, 0.25) is 0 Å². The highest BCUT2D eigenvalue weighted by Gasteiger charge is 2.52. The van der Waals surface area contributed by atoms with Crippen LogP contribution in [0.4, 0.5) is 0 Å². The van der Waals surface area contributed by atoms with Crippen LogP contribution in [-0.2, 0) is 10.8 Å². The lowest BCUT2D eigenvalue weighted by atomic mass is 9.70. The second-order valence-electron chi connectivity index (χ2n) is 16.7. The van der Waals surface area contributed by atoms with Gasteiger partial charge >= 0.3 is 0 Å². The number of hydrogen-bond donors (Lipinski definition) is 0.